The van der Waals surface area contributed by atoms with E-state index in [0.29, 0.717) is 5.49 Å². The normalized spacial score (nSPS) is 17.6. The molecule has 2 aromatic heterocycles. The molecule has 0 amide bonds. The van der Waals surface area contributed by atoms with Gasteiger partial charge in [-0.1, -0.05) is 38.1 Å². The van der Waals surface area contributed by atoms with Crippen LogP contribution in [0.3, 0.4) is 0 Å². The lowest BCUT2D eigenvalue weighted by atomic mass is 9.93. The Bertz CT molecular complexity index is 1070. The van der Waals surface area contributed by atoms with Crippen LogP contribution in [0.25, 0.3) is 22.5 Å². The highest BCUT2D eigenvalue weighted by Gasteiger charge is 2.22. The maximum atomic E-state index is 7.99. The van der Waals surface area contributed by atoms with Gasteiger partial charge in [0.05, 0.1) is 24.1 Å². The van der Waals surface area contributed by atoms with Crippen LogP contribution in [0.15, 0.2) is 36.5 Å². The third-order valence-electron chi connectivity index (χ3n) is 5.78. The number of hydrogen-bond donors (Lipinski definition) is 3. The summed E-state index contributed by atoms with van der Waals surface area (Å²) in [5.41, 5.74) is 7.36. The average Bonchev–Trinajstić information content (AvgIpc) is 3.17. The van der Waals surface area contributed by atoms with Crippen LogP contribution in [0.5, 0.6) is 0 Å². The van der Waals surface area contributed by atoms with Gasteiger partial charge in [0, 0.05) is 30.4 Å². The Morgan fingerprint density at radius 1 is 1.23 bits per heavy atom. The number of H-pyrrole nitrogens is 1. The van der Waals surface area contributed by atoms with Gasteiger partial charge in [0.25, 0.3) is 0 Å². The molecule has 1 unspecified atom stereocenters. The van der Waals surface area contributed by atoms with Gasteiger partial charge in [-0.25, -0.2) is 0 Å². The van der Waals surface area contributed by atoms with Gasteiger partial charge in [0.2, 0.25) is 0 Å². The number of rotatable bonds is 4. The van der Waals surface area contributed by atoms with Gasteiger partial charge in [-0.15, -0.1) is 0 Å². The molecule has 0 spiro atoms. The molecule has 0 saturated carbocycles. The maximum Gasteiger partial charge on any atom is 0.146 e. The number of ether oxygens (including phenoxy) is 1. The van der Waals surface area contributed by atoms with Crippen molar-refractivity contribution in [3.05, 3.63) is 58.7 Å². The summed E-state index contributed by atoms with van der Waals surface area (Å²) in [6.07, 6.45) is 1.88. The summed E-state index contributed by atoms with van der Waals surface area (Å²) in [6.45, 7) is 8.88. The zero-order chi connectivity index (χ0) is 21.4. The smallest absolute Gasteiger partial charge is 0.146 e. The maximum absolute atomic E-state index is 7.99. The summed E-state index contributed by atoms with van der Waals surface area (Å²) in [7, 11) is 2.13. The molecule has 1 saturated heterocycles. The molecule has 30 heavy (non-hydrogen) atoms. The predicted molar refractivity (Wildman–Crippen MR) is 118 cm³/mol. The van der Waals surface area contributed by atoms with Gasteiger partial charge < -0.3 is 15.5 Å². The second-order valence-electron chi connectivity index (χ2n) is 8.43. The molecule has 4 rings (SSSR count). The molecule has 0 radical (unpaired) electrons. The molecule has 158 valence electrons. The van der Waals surface area contributed by atoms with Crippen LogP contribution in [0, 0.1) is 12.3 Å². The van der Waals surface area contributed by atoms with Crippen molar-refractivity contribution in [3.8, 4) is 22.5 Å². The molecule has 1 aliphatic rings. The highest BCUT2D eigenvalue weighted by Crippen LogP contribution is 2.36. The van der Waals surface area contributed by atoms with Crippen LogP contribution in [0.1, 0.15) is 42.6 Å². The number of hydrogen-bond acceptors (Lipinski definition) is 5. The van der Waals surface area contributed by atoms with Crippen LogP contribution in [0.4, 0.5) is 0 Å². The summed E-state index contributed by atoms with van der Waals surface area (Å²) in [5, 5.41) is 15.9. The third-order valence-corrected chi connectivity index (χ3v) is 5.78. The summed E-state index contributed by atoms with van der Waals surface area (Å²) in [4.78, 5) is 2.30. The first-order valence-corrected chi connectivity index (χ1v) is 10.4. The van der Waals surface area contributed by atoms with Gasteiger partial charge in [-0.3, -0.25) is 15.2 Å². The quantitative estimate of drug-likeness (QED) is 0.580. The van der Waals surface area contributed by atoms with Crippen molar-refractivity contribution < 1.29 is 4.74 Å². The van der Waals surface area contributed by atoms with E-state index in [0.717, 1.165) is 53.3 Å². The Morgan fingerprint density at radius 2 is 1.97 bits per heavy atom. The number of morpholine rings is 1. The largest absolute Gasteiger partial charge is 0.371 e. The minimum Gasteiger partial charge on any atom is -0.371 e. The van der Waals surface area contributed by atoms with Gasteiger partial charge in [0.1, 0.15) is 5.49 Å². The van der Waals surface area contributed by atoms with Crippen molar-refractivity contribution >= 4 is 0 Å². The highest BCUT2D eigenvalue weighted by atomic mass is 16.5. The first-order valence-electron chi connectivity index (χ1n) is 10.4. The van der Waals surface area contributed by atoms with Crippen LogP contribution in [-0.2, 0) is 4.74 Å². The standard InChI is InChI=1S/C23H30N6O/c1-14(2)20-21(26-27-22(20)18-11-15(3)23(24)29(25)12-18)17-7-5-16(6-8-17)19-13-28(4)9-10-30-19/h5-8,11-12,14,19,24H,9-10,13,25H2,1-4H3,(H,26,27). The molecular formula is C23H30N6O. The van der Waals surface area contributed by atoms with Crippen molar-refractivity contribution in [2.45, 2.75) is 32.8 Å². The van der Waals surface area contributed by atoms with Crippen LogP contribution in [-0.4, -0.2) is 46.5 Å². The van der Waals surface area contributed by atoms with Crippen molar-refractivity contribution in [2.24, 2.45) is 0 Å². The topological polar surface area (TPSA) is 96.0 Å². The monoisotopic (exact) mass is 406 g/mol. The molecule has 4 N–H and O–H groups in total. The number of aromatic nitrogens is 3. The molecule has 1 aromatic carbocycles. The van der Waals surface area contributed by atoms with E-state index in [2.05, 4.69) is 60.3 Å². The number of nitrogen functional groups attached to an aromatic ring is 1. The van der Waals surface area contributed by atoms with E-state index in [1.165, 1.54) is 10.2 Å². The highest BCUT2D eigenvalue weighted by molar-refractivity contribution is 5.75. The minimum atomic E-state index is 0.117. The van der Waals surface area contributed by atoms with Crippen LogP contribution in [0.2, 0.25) is 0 Å². The van der Waals surface area contributed by atoms with Gasteiger partial charge in [-0.2, -0.15) is 5.10 Å². The summed E-state index contributed by atoms with van der Waals surface area (Å²) in [6, 6.07) is 10.5. The first-order chi connectivity index (χ1) is 14.3. The predicted octanol–water partition coefficient (Wildman–Crippen LogP) is 3.17. The molecule has 0 aliphatic carbocycles. The Kier molecular flexibility index (Phi) is 5.49. The lowest BCUT2D eigenvalue weighted by Gasteiger charge is -2.30. The van der Waals surface area contributed by atoms with Gasteiger partial charge in [0.15, 0.2) is 0 Å². The molecule has 1 atom stereocenters. The van der Waals surface area contributed by atoms with E-state index >= 15 is 0 Å². The van der Waals surface area contributed by atoms with E-state index in [1.54, 1.807) is 6.20 Å². The van der Waals surface area contributed by atoms with Crippen molar-refractivity contribution in [1.82, 2.24) is 19.8 Å². The molecule has 3 heterocycles. The first kappa shape index (κ1) is 20.4. The number of pyridine rings is 1. The summed E-state index contributed by atoms with van der Waals surface area (Å²) in [5.74, 6) is 6.25. The Morgan fingerprint density at radius 3 is 2.60 bits per heavy atom. The number of likely N-dealkylation sites (N-methyl/N-ethyl adjacent to an activating group) is 1. The fraction of sp³-hybridized carbons (Fsp3) is 0.391. The number of benzene rings is 1. The number of nitrogens with two attached hydrogens (primary N) is 1. The second-order valence-corrected chi connectivity index (χ2v) is 8.43. The Hall–Kier alpha value is -2.90. The second kappa shape index (κ2) is 8.08. The van der Waals surface area contributed by atoms with Crippen molar-refractivity contribution in [2.75, 3.05) is 32.6 Å². The zero-order valence-electron chi connectivity index (χ0n) is 18.1. The molecule has 7 heteroatoms. The Balaban J connectivity index is 1.71. The molecule has 3 aromatic rings. The zero-order valence-corrected chi connectivity index (χ0v) is 18.1. The van der Waals surface area contributed by atoms with Gasteiger partial charge >= 0.3 is 0 Å². The third kappa shape index (κ3) is 3.78. The molecule has 1 fully saturated rings. The number of aromatic amines is 1. The van der Waals surface area contributed by atoms with Crippen LogP contribution >= 0.6 is 0 Å². The van der Waals surface area contributed by atoms with E-state index < -0.39 is 0 Å². The van der Waals surface area contributed by atoms with Gasteiger partial charge in [-0.05, 0) is 42.6 Å². The molecule has 0 bridgehead atoms. The van der Waals surface area contributed by atoms with Crippen molar-refractivity contribution in [1.29, 1.82) is 5.41 Å². The lowest BCUT2D eigenvalue weighted by Crippen LogP contribution is -2.35. The summed E-state index contributed by atoms with van der Waals surface area (Å²) < 4.78 is 7.29. The number of aryl methyl sites for hydroxylation is 1. The lowest BCUT2D eigenvalue weighted by molar-refractivity contribution is -0.0208. The molecular weight excluding hydrogens is 376 g/mol. The van der Waals surface area contributed by atoms with Crippen LogP contribution < -0.4 is 11.3 Å². The van der Waals surface area contributed by atoms with E-state index in [4.69, 9.17) is 16.0 Å². The van der Waals surface area contributed by atoms with Crippen molar-refractivity contribution in [3.63, 3.8) is 0 Å². The fourth-order valence-electron chi connectivity index (χ4n) is 4.08. The number of nitrogens with one attached hydrogen (secondary N) is 2. The van der Waals surface area contributed by atoms with E-state index in [9.17, 15) is 0 Å². The minimum absolute atomic E-state index is 0.117. The molecule has 1 aliphatic heterocycles. The van der Waals surface area contributed by atoms with E-state index in [-0.39, 0.29) is 12.0 Å². The van der Waals surface area contributed by atoms with E-state index in [1.807, 2.05) is 13.0 Å². The Labute approximate surface area is 177 Å². The fourth-order valence-corrected chi connectivity index (χ4v) is 4.08. The molecule has 7 nitrogen and oxygen atoms in total. The SMILES string of the molecule is Cc1cc(-c2n[nH]c(-c3ccc(C4CN(C)CCO4)cc3)c2C(C)C)cn(N)c1=N. The number of nitrogens with zero attached hydrogens (tertiary/aromatic N) is 3. The summed E-state index contributed by atoms with van der Waals surface area (Å²) >= 11 is 0. The average molecular weight is 407 g/mol.